The van der Waals surface area contributed by atoms with Gasteiger partial charge in [0.25, 0.3) is 0 Å². The maximum absolute atomic E-state index is 11.5. The van der Waals surface area contributed by atoms with Crippen LogP contribution in [0, 0.1) is 0 Å². The lowest BCUT2D eigenvalue weighted by Crippen LogP contribution is -2.29. The van der Waals surface area contributed by atoms with Crippen molar-refractivity contribution < 1.29 is 19.4 Å². The van der Waals surface area contributed by atoms with Gasteiger partial charge < -0.3 is 19.6 Å². The predicted octanol–water partition coefficient (Wildman–Crippen LogP) is 3.96. The number of amides is 1. The Kier molecular flexibility index (Phi) is 5.47. The Morgan fingerprint density at radius 2 is 2.00 bits per heavy atom. The molecule has 2 aliphatic heterocycles. The molecule has 1 unspecified atom stereocenters. The summed E-state index contributed by atoms with van der Waals surface area (Å²) < 4.78 is 12.4. The zero-order chi connectivity index (χ0) is 18.8. The molecule has 0 bridgehead atoms. The van der Waals surface area contributed by atoms with Gasteiger partial charge in [-0.15, -0.1) is 0 Å². The quantitative estimate of drug-likeness (QED) is 0.758. The number of aromatic amines is 1. The molecule has 2 aromatic rings. The lowest BCUT2D eigenvalue weighted by atomic mass is 10.1. The normalized spacial score (nSPS) is 20.9. The molecule has 2 N–H and O–H groups in total. The van der Waals surface area contributed by atoms with Gasteiger partial charge in [-0.2, -0.15) is 0 Å². The summed E-state index contributed by atoms with van der Waals surface area (Å²) in [6.07, 6.45) is 1.86. The summed E-state index contributed by atoms with van der Waals surface area (Å²) in [4.78, 5) is 21.2. The molecule has 2 fully saturated rings. The molecule has 0 aliphatic carbocycles. The predicted molar refractivity (Wildman–Crippen MR) is 102 cm³/mol. The van der Waals surface area contributed by atoms with Gasteiger partial charge in [0.2, 0.25) is 0 Å². The topological polar surface area (TPSA) is 87.7 Å². The Morgan fingerprint density at radius 1 is 1.26 bits per heavy atom. The summed E-state index contributed by atoms with van der Waals surface area (Å²) in [6.45, 7) is 1.92. The molecule has 1 atom stereocenters. The van der Waals surface area contributed by atoms with Crippen molar-refractivity contribution in [3.8, 4) is 11.3 Å². The Morgan fingerprint density at radius 3 is 2.70 bits per heavy atom. The highest BCUT2D eigenvalue weighted by Crippen LogP contribution is 2.34. The van der Waals surface area contributed by atoms with Gasteiger partial charge in [-0.3, -0.25) is 4.90 Å². The lowest BCUT2D eigenvalue weighted by molar-refractivity contribution is -0.177. The molecule has 8 heteroatoms. The van der Waals surface area contributed by atoms with Crippen LogP contribution in [0.15, 0.2) is 28.7 Å². The van der Waals surface area contributed by atoms with Crippen LogP contribution in [0.2, 0.25) is 0 Å². The van der Waals surface area contributed by atoms with Crippen molar-refractivity contribution in [3.05, 3.63) is 40.3 Å². The van der Waals surface area contributed by atoms with Gasteiger partial charge in [-0.05, 0) is 31.4 Å². The van der Waals surface area contributed by atoms with Crippen LogP contribution in [0.4, 0.5) is 4.79 Å². The zero-order valence-electron chi connectivity index (χ0n) is 14.9. The van der Waals surface area contributed by atoms with Crippen LogP contribution in [0.5, 0.6) is 0 Å². The number of imidazole rings is 1. The molecule has 1 aromatic heterocycles. The second-order valence-electron chi connectivity index (χ2n) is 6.82. The maximum Gasteiger partial charge on any atom is 0.407 e. The molecule has 27 heavy (non-hydrogen) atoms. The van der Waals surface area contributed by atoms with Gasteiger partial charge in [0.05, 0.1) is 24.9 Å². The van der Waals surface area contributed by atoms with Crippen LogP contribution in [0.1, 0.15) is 36.8 Å². The maximum atomic E-state index is 11.5. The van der Waals surface area contributed by atoms with E-state index in [0.29, 0.717) is 32.0 Å². The number of benzene rings is 1. The molecule has 2 aliphatic rings. The van der Waals surface area contributed by atoms with Crippen LogP contribution in [-0.4, -0.2) is 52.1 Å². The minimum atomic E-state index is -0.903. The monoisotopic (exact) mass is 435 g/mol. The molecule has 2 saturated heterocycles. The van der Waals surface area contributed by atoms with Gasteiger partial charge in [-0.1, -0.05) is 28.1 Å². The van der Waals surface area contributed by atoms with E-state index in [9.17, 15) is 9.90 Å². The first-order chi connectivity index (χ1) is 13.1. The fourth-order valence-corrected chi connectivity index (χ4v) is 3.95. The molecule has 4 rings (SSSR count). The number of nitrogens with zero attached hydrogens (tertiary/aromatic N) is 2. The molecule has 0 saturated carbocycles. The molecule has 144 valence electrons. The number of carbonyl (C=O) groups is 1. The Balaban J connectivity index is 1.67. The van der Waals surface area contributed by atoms with Crippen molar-refractivity contribution in [2.75, 3.05) is 19.8 Å². The van der Waals surface area contributed by atoms with Gasteiger partial charge in [0.1, 0.15) is 5.82 Å². The molecule has 0 radical (unpaired) electrons. The minimum absolute atomic E-state index is 0.237. The van der Waals surface area contributed by atoms with E-state index in [1.165, 1.54) is 4.90 Å². The van der Waals surface area contributed by atoms with Gasteiger partial charge in [0.15, 0.2) is 6.29 Å². The van der Waals surface area contributed by atoms with Crippen LogP contribution in [-0.2, 0) is 15.9 Å². The molecule has 0 spiro atoms. The van der Waals surface area contributed by atoms with E-state index in [1.54, 1.807) is 0 Å². The Hall–Kier alpha value is -1.90. The van der Waals surface area contributed by atoms with Crippen LogP contribution < -0.4 is 0 Å². The summed E-state index contributed by atoms with van der Waals surface area (Å²) in [5.74, 6) is 0.693. The number of ether oxygens (including phenoxy) is 2. The van der Waals surface area contributed by atoms with E-state index < -0.39 is 6.09 Å². The highest BCUT2D eigenvalue weighted by atomic mass is 79.9. The molecular weight excluding hydrogens is 414 g/mol. The summed E-state index contributed by atoms with van der Waals surface area (Å²) in [5.41, 5.74) is 2.72. The number of nitrogens with one attached hydrogen (secondary N) is 1. The van der Waals surface area contributed by atoms with Gasteiger partial charge in [0, 0.05) is 28.7 Å². The summed E-state index contributed by atoms with van der Waals surface area (Å²) in [5, 5.41) is 9.47. The molecule has 7 nitrogen and oxygen atoms in total. The van der Waals surface area contributed by atoms with E-state index in [1.807, 2.05) is 24.3 Å². The first-order valence-electron chi connectivity index (χ1n) is 9.19. The first-order valence-corrected chi connectivity index (χ1v) is 9.98. The average molecular weight is 436 g/mol. The third-order valence-electron chi connectivity index (χ3n) is 5.00. The number of rotatable bonds is 4. The van der Waals surface area contributed by atoms with E-state index in [-0.39, 0.29) is 12.3 Å². The van der Waals surface area contributed by atoms with Crippen molar-refractivity contribution >= 4 is 22.0 Å². The number of carboxylic acid groups (broad SMARTS) is 1. The second kappa shape index (κ2) is 8.00. The average Bonchev–Trinajstić information content (AvgIpc) is 3.30. The van der Waals surface area contributed by atoms with Crippen molar-refractivity contribution in [1.82, 2.24) is 14.9 Å². The zero-order valence-corrected chi connectivity index (χ0v) is 16.4. The summed E-state index contributed by atoms with van der Waals surface area (Å²) >= 11 is 3.46. The van der Waals surface area contributed by atoms with E-state index >= 15 is 0 Å². The largest absolute Gasteiger partial charge is 0.465 e. The standard InChI is InChI=1S/C19H22BrN3O4/c20-13-6-4-12(5-7-13)17-14(11-16-26-9-2-10-27-16)21-18(22-17)15-3-1-8-23(15)19(24)25/h4-7,15-16H,1-3,8-11H2,(H,21,22)(H,24,25). The molecule has 1 amide bonds. The minimum Gasteiger partial charge on any atom is -0.465 e. The molecule has 1 aromatic carbocycles. The highest BCUT2D eigenvalue weighted by molar-refractivity contribution is 9.10. The first kappa shape index (κ1) is 18.5. The SMILES string of the molecule is O=C(O)N1CCCC1c1nc(-c2ccc(Br)cc2)c(CC2OCCCO2)[nH]1. The van der Waals surface area contributed by atoms with Crippen molar-refractivity contribution in [1.29, 1.82) is 0 Å². The Labute approximate surface area is 165 Å². The van der Waals surface area contributed by atoms with Gasteiger partial charge >= 0.3 is 6.09 Å². The van der Waals surface area contributed by atoms with Gasteiger partial charge in [-0.25, -0.2) is 9.78 Å². The molecule has 3 heterocycles. The van der Waals surface area contributed by atoms with Crippen molar-refractivity contribution in [3.63, 3.8) is 0 Å². The fourth-order valence-electron chi connectivity index (χ4n) is 3.68. The van der Waals surface area contributed by atoms with E-state index in [0.717, 1.165) is 40.7 Å². The number of likely N-dealkylation sites (tertiary alicyclic amines) is 1. The number of halogens is 1. The third kappa shape index (κ3) is 4.02. The lowest BCUT2D eigenvalue weighted by Gasteiger charge is -2.23. The number of hydrogen-bond donors (Lipinski definition) is 2. The number of hydrogen-bond acceptors (Lipinski definition) is 4. The number of H-pyrrole nitrogens is 1. The van der Waals surface area contributed by atoms with Crippen LogP contribution in [0.3, 0.4) is 0 Å². The summed E-state index contributed by atoms with van der Waals surface area (Å²) in [6, 6.07) is 7.71. The van der Waals surface area contributed by atoms with Crippen molar-refractivity contribution in [2.24, 2.45) is 0 Å². The highest BCUT2D eigenvalue weighted by Gasteiger charge is 2.33. The second-order valence-corrected chi connectivity index (χ2v) is 7.73. The number of aromatic nitrogens is 2. The Bertz CT molecular complexity index is 802. The van der Waals surface area contributed by atoms with Crippen LogP contribution in [0.25, 0.3) is 11.3 Å². The third-order valence-corrected chi connectivity index (χ3v) is 5.52. The fraction of sp³-hybridized carbons (Fsp3) is 0.474. The van der Waals surface area contributed by atoms with E-state index in [2.05, 4.69) is 20.9 Å². The smallest absolute Gasteiger partial charge is 0.407 e. The molecular formula is C19H22BrN3O4. The summed E-state index contributed by atoms with van der Waals surface area (Å²) in [7, 11) is 0. The van der Waals surface area contributed by atoms with Crippen molar-refractivity contribution in [2.45, 2.75) is 38.0 Å². The van der Waals surface area contributed by atoms with Crippen LogP contribution >= 0.6 is 15.9 Å². The van der Waals surface area contributed by atoms with E-state index in [4.69, 9.17) is 14.5 Å².